The van der Waals surface area contributed by atoms with Crippen LogP contribution in [0.1, 0.15) is 16.8 Å². The van der Waals surface area contributed by atoms with Gasteiger partial charge in [0.2, 0.25) is 0 Å². The molecule has 0 bridgehead atoms. The Morgan fingerprint density at radius 3 is 2.75 bits per heavy atom. The van der Waals surface area contributed by atoms with E-state index in [0.29, 0.717) is 5.56 Å². The van der Waals surface area contributed by atoms with E-state index in [0.717, 1.165) is 36.4 Å². The van der Waals surface area contributed by atoms with Gasteiger partial charge in [-0.1, -0.05) is 6.07 Å². The molecule has 1 fully saturated rings. The highest BCUT2D eigenvalue weighted by Crippen LogP contribution is 2.18. The van der Waals surface area contributed by atoms with Gasteiger partial charge in [-0.15, -0.1) is 0 Å². The zero-order valence-electron chi connectivity index (χ0n) is 13.1. The van der Waals surface area contributed by atoms with Crippen molar-refractivity contribution in [1.82, 2.24) is 20.3 Å². The summed E-state index contributed by atoms with van der Waals surface area (Å²) in [4.78, 5) is 27.5. The lowest BCUT2D eigenvalue weighted by atomic mass is 10.1. The van der Waals surface area contributed by atoms with Crippen molar-refractivity contribution in [2.45, 2.75) is 12.5 Å². The highest BCUT2D eigenvalue weighted by molar-refractivity contribution is 5.97. The maximum atomic E-state index is 12.5. The fourth-order valence-corrected chi connectivity index (χ4v) is 3.00. The molecule has 1 amide bonds. The van der Waals surface area contributed by atoms with E-state index in [2.05, 4.69) is 25.2 Å². The van der Waals surface area contributed by atoms with Gasteiger partial charge in [0.1, 0.15) is 5.82 Å². The number of benzene rings is 1. The number of aromatic nitrogens is 3. The zero-order chi connectivity index (χ0) is 16.4. The molecule has 0 aliphatic carbocycles. The molecule has 6 heteroatoms. The molecule has 1 N–H and O–H groups in total. The number of hydrogen-bond acceptors (Lipinski definition) is 5. The van der Waals surface area contributed by atoms with Crippen LogP contribution in [-0.4, -0.2) is 40.0 Å². The number of rotatable bonds is 3. The van der Waals surface area contributed by atoms with Gasteiger partial charge in [0, 0.05) is 43.3 Å². The van der Waals surface area contributed by atoms with Crippen molar-refractivity contribution in [3.05, 3.63) is 60.6 Å². The first-order valence-electron chi connectivity index (χ1n) is 7.97. The van der Waals surface area contributed by atoms with Gasteiger partial charge in [0.25, 0.3) is 5.91 Å². The van der Waals surface area contributed by atoms with Gasteiger partial charge in [-0.3, -0.25) is 14.8 Å². The molecule has 1 atom stereocenters. The second kappa shape index (κ2) is 6.23. The van der Waals surface area contributed by atoms with Crippen molar-refractivity contribution in [3.63, 3.8) is 0 Å². The molecule has 1 aromatic carbocycles. The van der Waals surface area contributed by atoms with E-state index in [9.17, 15) is 4.79 Å². The molecule has 0 saturated carbocycles. The van der Waals surface area contributed by atoms with E-state index >= 15 is 0 Å². The van der Waals surface area contributed by atoms with Crippen molar-refractivity contribution in [2.75, 3.05) is 18.0 Å². The van der Waals surface area contributed by atoms with Gasteiger partial charge in [0.15, 0.2) is 0 Å². The number of pyridine rings is 1. The van der Waals surface area contributed by atoms with Crippen LogP contribution in [-0.2, 0) is 0 Å². The number of carbonyl (C=O) groups is 1. The summed E-state index contributed by atoms with van der Waals surface area (Å²) in [6, 6.07) is 11.4. The highest BCUT2D eigenvalue weighted by atomic mass is 16.1. The number of carbonyl (C=O) groups excluding carboxylic acids is 1. The molecule has 3 heterocycles. The first-order valence-corrected chi connectivity index (χ1v) is 7.97. The average Bonchev–Trinajstić information content (AvgIpc) is 3.10. The molecule has 6 nitrogen and oxygen atoms in total. The van der Waals surface area contributed by atoms with Crippen molar-refractivity contribution in [2.24, 2.45) is 0 Å². The Balaban J connectivity index is 1.44. The summed E-state index contributed by atoms with van der Waals surface area (Å²) in [6.07, 6.45) is 5.98. The summed E-state index contributed by atoms with van der Waals surface area (Å²) in [7, 11) is 0. The van der Waals surface area contributed by atoms with Gasteiger partial charge in [-0.25, -0.2) is 4.98 Å². The Morgan fingerprint density at radius 2 is 1.92 bits per heavy atom. The van der Waals surface area contributed by atoms with Crippen molar-refractivity contribution in [1.29, 1.82) is 0 Å². The van der Waals surface area contributed by atoms with Crippen LogP contribution in [0.15, 0.2) is 55.0 Å². The summed E-state index contributed by atoms with van der Waals surface area (Å²) in [6.45, 7) is 1.67. The first-order chi connectivity index (χ1) is 11.8. The second-order valence-corrected chi connectivity index (χ2v) is 5.85. The fraction of sp³-hybridized carbons (Fsp3) is 0.222. The minimum atomic E-state index is -0.0737. The molecule has 1 aliphatic rings. The minimum Gasteiger partial charge on any atom is -0.354 e. The molecule has 1 aliphatic heterocycles. The number of amides is 1. The zero-order valence-corrected chi connectivity index (χ0v) is 13.1. The summed E-state index contributed by atoms with van der Waals surface area (Å²) in [5, 5.41) is 3.10. The second-order valence-electron chi connectivity index (χ2n) is 5.85. The largest absolute Gasteiger partial charge is 0.354 e. The third kappa shape index (κ3) is 2.90. The van der Waals surface area contributed by atoms with Crippen LogP contribution in [0.25, 0.3) is 11.0 Å². The standard InChI is InChI=1S/C18H17N5O/c24-18(13-4-5-15-16(11-13)20-9-8-19-15)22-14-6-10-23(12-14)17-3-1-2-7-21-17/h1-5,7-9,11,14H,6,10,12H2,(H,22,24). The third-order valence-corrected chi connectivity index (χ3v) is 4.23. The Hall–Kier alpha value is -3.02. The summed E-state index contributed by atoms with van der Waals surface area (Å²) < 4.78 is 0. The van der Waals surface area contributed by atoms with Gasteiger partial charge in [-0.05, 0) is 36.8 Å². The molecular formula is C18H17N5O. The molecule has 1 unspecified atom stereocenters. The molecule has 0 spiro atoms. The Kier molecular flexibility index (Phi) is 3.78. The topological polar surface area (TPSA) is 71.0 Å². The van der Waals surface area contributed by atoms with E-state index in [1.807, 2.05) is 24.3 Å². The van der Waals surface area contributed by atoms with Gasteiger partial charge < -0.3 is 10.2 Å². The predicted molar refractivity (Wildman–Crippen MR) is 91.9 cm³/mol. The SMILES string of the molecule is O=C(NC1CCN(c2ccccn2)C1)c1ccc2nccnc2c1. The molecule has 1 saturated heterocycles. The highest BCUT2D eigenvalue weighted by Gasteiger charge is 2.25. The first kappa shape index (κ1) is 14.6. The van der Waals surface area contributed by atoms with Gasteiger partial charge >= 0.3 is 0 Å². The number of nitrogens with one attached hydrogen (secondary N) is 1. The number of hydrogen-bond donors (Lipinski definition) is 1. The van der Waals surface area contributed by atoms with E-state index in [4.69, 9.17) is 0 Å². The van der Waals surface area contributed by atoms with E-state index < -0.39 is 0 Å². The molecule has 0 radical (unpaired) electrons. The van der Waals surface area contributed by atoms with E-state index in [1.54, 1.807) is 30.7 Å². The maximum absolute atomic E-state index is 12.5. The number of nitrogens with zero attached hydrogens (tertiary/aromatic N) is 4. The van der Waals surface area contributed by atoms with Gasteiger partial charge in [-0.2, -0.15) is 0 Å². The number of fused-ring (bicyclic) bond motifs is 1. The van der Waals surface area contributed by atoms with Crippen LogP contribution >= 0.6 is 0 Å². The Labute approximate surface area is 139 Å². The smallest absolute Gasteiger partial charge is 0.251 e. The average molecular weight is 319 g/mol. The lowest BCUT2D eigenvalue weighted by Crippen LogP contribution is -2.37. The fourth-order valence-electron chi connectivity index (χ4n) is 3.00. The summed E-state index contributed by atoms with van der Waals surface area (Å²) >= 11 is 0. The van der Waals surface area contributed by atoms with Gasteiger partial charge in [0.05, 0.1) is 11.0 Å². The van der Waals surface area contributed by atoms with Crippen LogP contribution in [0.4, 0.5) is 5.82 Å². The molecule has 120 valence electrons. The minimum absolute atomic E-state index is 0.0737. The quantitative estimate of drug-likeness (QED) is 0.800. The molecule has 4 rings (SSSR count). The molecular weight excluding hydrogens is 302 g/mol. The lowest BCUT2D eigenvalue weighted by Gasteiger charge is -2.17. The summed E-state index contributed by atoms with van der Waals surface area (Å²) in [5.41, 5.74) is 2.13. The Morgan fingerprint density at radius 1 is 1.04 bits per heavy atom. The Bertz CT molecular complexity index is 867. The van der Waals surface area contributed by atoms with Crippen LogP contribution < -0.4 is 10.2 Å². The van der Waals surface area contributed by atoms with Crippen molar-refractivity contribution >= 4 is 22.8 Å². The van der Waals surface area contributed by atoms with E-state index in [-0.39, 0.29) is 11.9 Å². The van der Waals surface area contributed by atoms with Crippen molar-refractivity contribution < 1.29 is 4.79 Å². The normalized spacial score (nSPS) is 17.2. The molecule has 2 aromatic heterocycles. The lowest BCUT2D eigenvalue weighted by molar-refractivity contribution is 0.0940. The van der Waals surface area contributed by atoms with Crippen LogP contribution in [0, 0.1) is 0 Å². The monoisotopic (exact) mass is 319 g/mol. The van der Waals surface area contributed by atoms with E-state index in [1.165, 1.54) is 0 Å². The number of anilines is 1. The third-order valence-electron chi connectivity index (χ3n) is 4.23. The van der Waals surface area contributed by atoms with Crippen LogP contribution in [0.3, 0.4) is 0 Å². The maximum Gasteiger partial charge on any atom is 0.251 e. The van der Waals surface area contributed by atoms with Crippen molar-refractivity contribution in [3.8, 4) is 0 Å². The predicted octanol–water partition coefficient (Wildman–Crippen LogP) is 2.03. The van der Waals surface area contributed by atoms with Crippen LogP contribution in [0.2, 0.25) is 0 Å². The van der Waals surface area contributed by atoms with Crippen LogP contribution in [0.5, 0.6) is 0 Å². The molecule has 24 heavy (non-hydrogen) atoms. The summed E-state index contributed by atoms with van der Waals surface area (Å²) in [5.74, 6) is 0.880. The molecule has 3 aromatic rings.